The van der Waals surface area contributed by atoms with Crippen LogP contribution in [0, 0.1) is 11.8 Å². The zero-order valence-corrected chi connectivity index (χ0v) is 9.04. The number of thiophene rings is 1. The van der Waals surface area contributed by atoms with Crippen molar-refractivity contribution in [3.05, 3.63) is 21.4 Å². The van der Waals surface area contributed by atoms with Crippen molar-refractivity contribution in [1.82, 2.24) is 0 Å². The summed E-state index contributed by atoms with van der Waals surface area (Å²) in [6.45, 7) is 1.77. The Morgan fingerprint density at radius 2 is 2.43 bits per heavy atom. The van der Waals surface area contributed by atoms with Crippen molar-refractivity contribution in [2.45, 2.75) is 32.6 Å². The lowest BCUT2D eigenvalue weighted by Crippen LogP contribution is -1.93. The SMILES string of the molecule is CC#CCC(=O)c1cc2c(s1)CCC2. The van der Waals surface area contributed by atoms with Gasteiger partial charge in [0.1, 0.15) is 0 Å². The second-order valence-electron chi connectivity index (χ2n) is 3.44. The van der Waals surface area contributed by atoms with Gasteiger partial charge in [-0.15, -0.1) is 17.3 Å². The maximum absolute atomic E-state index is 11.6. The summed E-state index contributed by atoms with van der Waals surface area (Å²) in [6.07, 6.45) is 3.94. The van der Waals surface area contributed by atoms with Gasteiger partial charge in [0.15, 0.2) is 5.78 Å². The Kier molecular flexibility index (Phi) is 2.69. The Balaban J connectivity index is 2.16. The quantitative estimate of drug-likeness (QED) is 0.535. The number of carbonyl (C=O) groups excluding carboxylic acids is 1. The van der Waals surface area contributed by atoms with Gasteiger partial charge in [-0.25, -0.2) is 0 Å². The first-order chi connectivity index (χ1) is 6.81. The van der Waals surface area contributed by atoms with Crippen molar-refractivity contribution in [3.63, 3.8) is 0 Å². The molecule has 1 aromatic heterocycles. The molecule has 72 valence electrons. The van der Waals surface area contributed by atoms with Crippen molar-refractivity contribution in [2.75, 3.05) is 0 Å². The second kappa shape index (κ2) is 3.98. The number of rotatable bonds is 2. The van der Waals surface area contributed by atoms with Crippen LogP contribution in [0.15, 0.2) is 6.07 Å². The molecule has 0 spiro atoms. The van der Waals surface area contributed by atoms with E-state index in [2.05, 4.69) is 17.9 Å². The van der Waals surface area contributed by atoms with Gasteiger partial charge in [0.2, 0.25) is 0 Å². The third kappa shape index (κ3) is 1.73. The zero-order valence-electron chi connectivity index (χ0n) is 8.22. The highest BCUT2D eigenvalue weighted by Crippen LogP contribution is 2.31. The maximum Gasteiger partial charge on any atom is 0.184 e. The Morgan fingerprint density at radius 1 is 1.57 bits per heavy atom. The third-order valence-electron chi connectivity index (χ3n) is 2.45. The molecule has 0 saturated heterocycles. The molecule has 2 rings (SSSR count). The Bertz CT molecular complexity index is 396. The number of hydrogen-bond donors (Lipinski definition) is 0. The van der Waals surface area contributed by atoms with Gasteiger partial charge in [-0.2, -0.15) is 0 Å². The molecule has 2 heteroatoms. The largest absolute Gasteiger partial charge is 0.292 e. The molecule has 0 atom stereocenters. The molecule has 1 aromatic rings. The average Bonchev–Trinajstić information content (AvgIpc) is 2.72. The molecule has 1 aliphatic rings. The summed E-state index contributed by atoms with van der Waals surface area (Å²) < 4.78 is 0. The monoisotopic (exact) mass is 204 g/mol. The summed E-state index contributed by atoms with van der Waals surface area (Å²) in [5.41, 5.74) is 1.39. The Morgan fingerprint density at radius 3 is 3.14 bits per heavy atom. The lowest BCUT2D eigenvalue weighted by Gasteiger charge is -1.90. The highest BCUT2D eigenvalue weighted by Gasteiger charge is 2.17. The van der Waals surface area contributed by atoms with Crippen LogP contribution in [-0.4, -0.2) is 5.78 Å². The van der Waals surface area contributed by atoms with Crippen LogP contribution in [0.4, 0.5) is 0 Å². The molecule has 0 fully saturated rings. The van der Waals surface area contributed by atoms with E-state index in [1.54, 1.807) is 18.3 Å². The van der Waals surface area contributed by atoms with Gasteiger partial charge in [-0.1, -0.05) is 5.92 Å². The van der Waals surface area contributed by atoms with Crippen molar-refractivity contribution in [2.24, 2.45) is 0 Å². The van der Waals surface area contributed by atoms with Gasteiger partial charge in [0.25, 0.3) is 0 Å². The minimum Gasteiger partial charge on any atom is -0.292 e. The smallest absolute Gasteiger partial charge is 0.184 e. The molecule has 0 aromatic carbocycles. The lowest BCUT2D eigenvalue weighted by molar-refractivity contribution is 0.100. The predicted octanol–water partition coefficient (Wildman–Crippen LogP) is 2.83. The minimum absolute atomic E-state index is 0.179. The van der Waals surface area contributed by atoms with E-state index in [0.29, 0.717) is 6.42 Å². The maximum atomic E-state index is 11.6. The molecule has 14 heavy (non-hydrogen) atoms. The molecule has 0 saturated carbocycles. The van der Waals surface area contributed by atoms with Gasteiger partial charge in [0.05, 0.1) is 11.3 Å². The Labute approximate surface area is 88.1 Å². The molecule has 0 unspecified atom stereocenters. The topological polar surface area (TPSA) is 17.1 Å². The van der Waals surface area contributed by atoms with Crippen molar-refractivity contribution in [1.29, 1.82) is 0 Å². The van der Waals surface area contributed by atoms with Crippen LogP contribution in [-0.2, 0) is 12.8 Å². The summed E-state index contributed by atoms with van der Waals surface area (Å²) in [6, 6.07) is 2.06. The van der Waals surface area contributed by atoms with E-state index in [-0.39, 0.29) is 5.78 Å². The second-order valence-corrected chi connectivity index (χ2v) is 4.58. The molecule has 0 amide bonds. The summed E-state index contributed by atoms with van der Waals surface area (Å²) in [4.78, 5) is 13.9. The molecule has 0 radical (unpaired) electrons. The molecule has 0 aliphatic heterocycles. The van der Waals surface area contributed by atoms with Crippen LogP contribution < -0.4 is 0 Å². The molecule has 1 nitrogen and oxygen atoms in total. The van der Waals surface area contributed by atoms with Crippen LogP contribution in [0.25, 0.3) is 0 Å². The molecule has 0 N–H and O–H groups in total. The minimum atomic E-state index is 0.179. The van der Waals surface area contributed by atoms with Gasteiger partial charge in [0, 0.05) is 4.88 Å². The first-order valence-corrected chi connectivity index (χ1v) is 5.67. The van der Waals surface area contributed by atoms with Gasteiger partial charge < -0.3 is 0 Å². The molecular formula is C12H12OS. The van der Waals surface area contributed by atoms with Gasteiger partial charge >= 0.3 is 0 Å². The van der Waals surface area contributed by atoms with E-state index >= 15 is 0 Å². The fraction of sp³-hybridized carbons (Fsp3) is 0.417. The standard InChI is InChI=1S/C12H12OS/c1-2-3-6-10(13)12-8-9-5-4-7-11(9)14-12/h8H,4-7H2,1H3. The molecular weight excluding hydrogens is 192 g/mol. The van der Waals surface area contributed by atoms with Crippen LogP contribution in [0.5, 0.6) is 0 Å². The number of hydrogen-bond acceptors (Lipinski definition) is 2. The third-order valence-corrected chi connectivity index (χ3v) is 3.73. The first kappa shape index (κ1) is 9.48. The highest BCUT2D eigenvalue weighted by molar-refractivity contribution is 7.14. The summed E-state index contributed by atoms with van der Waals surface area (Å²) >= 11 is 1.66. The average molecular weight is 204 g/mol. The number of aryl methyl sites for hydroxylation is 2. The van der Waals surface area contributed by atoms with Crippen LogP contribution >= 0.6 is 11.3 Å². The van der Waals surface area contributed by atoms with Gasteiger partial charge in [-0.05, 0) is 37.8 Å². The van der Waals surface area contributed by atoms with Gasteiger partial charge in [-0.3, -0.25) is 4.79 Å². The molecule has 1 heterocycles. The fourth-order valence-electron chi connectivity index (χ4n) is 1.72. The Hall–Kier alpha value is -1.07. The van der Waals surface area contributed by atoms with Crippen molar-refractivity contribution >= 4 is 17.1 Å². The highest BCUT2D eigenvalue weighted by atomic mass is 32.1. The van der Waals surface area contributed by atoms with E-state index in [0.717, 1.165) is 17.7 Å². The summed E-state index contributed by atoms with van der Waals surface area (Å²) in [5.74, 6) is 5.75. The van der Waals surface area contributed by atoms with Crippen LogP contribution in [0.1, 0.15) is 39.9 Å². The van der Waals surface area contributed by atoms with Crippen molar-refractivity contribution < 1.29 is 4.79 Å². The number of Topliss-reactive ketones (excluding diaryl/α,β-unsaturated/α-hetero) is 1. The van der Waals surface area contributed by atoms with Crippen molar-refractivity contribution in [3.8, 4) is 11.8 Å². The summed E-state index contributed by atoms with van der Waals surface area (Å²) in [7, 11) is 0. The van der Waals surface area contributed by atoms with Crippen LogP contribution in [0.2, 0.25) is 0 Å². The number of carbonyl (C=O) groups is 1. The first-order valence-electron chi connectivity index (χ1n) is 4.85. The lowest BCUT2D eigenvalue weighted by atomic mass is 10.2. The number of ketones is 1. The van der Waals surface area contributed by atoms with E-state index in [1.807, 2.05) is 0 Å². The molecule has 1 aliphatic carbocycles. The van der Waals surface area contributed by atoms with E-state index < -0.39 is 0 Å². The number of fused-ring (bicyclic) bond motifs is 1. The van der Waals surface area contributed by atoms with Crippen LogP contribution in [0.3, 0.4) is 0 Å². The predicted molar refractivity (Wildman–Crippen MR) is 58.7 cm³/mol. The van der Waals surface area contributed by atoms with E-state index in [4.69, 9.17) is 0 Å². The van der Waals surface area contributed by atoms with E-state index in [9.17, 15) is 4.79 Å². The normalized spacial score (nSPS) is 13.2. The molecule has 0 bridgehead atoms. The summed E-state index contributed by atoms with van der Waals surface area (Å²) in [5, 5.41) is 0. The van der Waals surface area contributed by atoms with E-state index in [1.165, 1.54) is 16.9 Å². The fourth-order valence-corrected chi connectivity index (χ4v) is 2.91. The zero-order chi connectivity index (χ0) is 9.97.